The second kappa shape index (κ2) is 8.21. The molecule has 152 valence electrons. The third-order valence-electron chi connectivity index (χ3n) is 4.63. The molecule has 0 aromatic carbocycles. The Balaban J connectivity index is 1.96. The summed E-state index contributed by atoms with van der Waals surface area (Å²) in [6, 6.07) is 2.25. The van der Waals surface area contributed by atoms with Crippen molar-refractivity contribution in [1.29, 1.82) is 0 Å². The Labute approximate surface area is 172 Å². The molecule has 0 spiro atoms. The Kier molecular flexibility index (Phi) is 5.88. The molecule has 1 aliphatic heterocycles. The zero-order valence-electron chi connectivity index (χ0n) is 16.2. The van der Waals surface area contributed by atoms with E-state index in [4.69, 9.17) is 16.3 Å². The minimum atomic E-state index is -0.834. The second-order valence-electron chi connectivity index (χ2n) is 6.73. The van der Waals surface area contributed by atoms with E-state index in [-0.39, 0.29) is 29.1 Å². The van der Waals surface area contributed by atoms with Gasteiger partial charge in [0.1, 0.15) is 28.9 Å². The van der Waals surface area contributed by atoms with Gasteiger partial charge in [0.15, 0.2) is 5.82 Å². The molecule has 2 aromatic rings. The van der Waals surface area contributed by atoms with Crippen molar-refractivity contribution in [3.63, 3.8) is 0 Å². The third kappa shape index (κ3) is 4.10. The molecule has 0 aliphatic carbocycles. The fraction of sp³-hybridized carbons (Fsp3) is 0.238. The maximum absolute atomic E-state index is 13.8. The van der Waals surface area contributed by atoms with E-state index in [0.717, 1.165) is 11.8 Å². The summed E-state index contributed by atoms with van der Waals surface area (Å²) in [5.74, 6) is -1.51. The number of allylic oxidation sites excluding steroid dienone is 2. The summed E-state index contributed by atoms with van der Waals surface area (Å²) in [7, 11) is 1.92. The van der Waals surface area contributed by atoms with Crippen LogP contribution in [-0.4, -0.2) is 27.5 Å². The molecular weight excluding hydrogens is 400 g/mol. The van der Waals surface area contributed by atoms with Crippen LogP contribution in [0.3, 0.4) is 0 Å². The molecule has 0 bridgehead atoms. The molecule has 3 heterocycles. The van der Waals surface area contributed by atoms with Crippen LogP contribution in [0.5, 0.6) is 5.75 Å². The molecule has 0 amide bonds. The normalized spacial score (nSPS) is 16.3. The van der Waals surface area contributed by atoms with Crippen LogP contribution in [0, 0.1) is 18.6 Å². The number of rotatable bonds is 5. The van der Waals surface area contributed by atoms with Crippen molar-refractivity contribution in [1.82, 2.24) is 14.5 Å². The van der Waals surface area contributed by atoms with Gasteiger partial charge in [-0.3, -0.25) is 14.3 Å². The minimum Gasteiger partial charge on any atom is -0.485 e. The van der Waals surface area contributed by atoms with E-state index >= 15 is 0 Å². The highest BCUT2D eigenvalue weighted by Gasteiger charge is 2.21. The summed E-state index contributed by atoms with van der Waals surface area (Å²) in [4.78, 5) is 18.6. The van der Waals surface area contributed by atoms with Crippen LogP contribution in [0.1, 0.15) is 18.3 Å². The van der Waals surface area contributed by atoms with E-state index in [1.807, 2.05) is 31.1 Å². The Morgan fingerprint density at radius 3 is 2.72 bits per heavy atom. The predicted octanol–water partition coefficient (Wildman–Crippen LogP) is 4.31. The number of nitrogens with zero attached hydrogens (tertiary/aromatic N) is 3. The lowest BCUT2D eigenvalue weighted by molar-refractivity contribution is 0.292. The predicted molar refractivity (Wildman–Crippen MR) is 109 cm³/mol. The molecule has 0 radical (unpaired) electrons. The van der Waals surface area contributed by atoms with Gasteiger partial charge in [0.2, 0.25) is 0 Å². The van der Waals surface area contributed by atoms with E-state index in [1.165, 1.54) is 4.57 Å². The van der Waals surface area contributed by atoms with E-state index in [2.05, 4.69) is 11.6 Å². The number of likely N-dealkylation sites (N-methyl/N-ethyl adjacent to an activating group) is 1. The topological polar surface area (TPSA) is 47.4 Å². The summed E-state index contributed by atoms with van der Waals surface area (Å²) in [6.45, 7) is 7.17. The Morgan fingerprint density at radius 1 is 1.34 bits per heavy atom. The highest BCUT2D eigenvalue weighted by molar-refractivity contribution is 6.31. The van der Waals surface area contributed by atoms with Crippen molar-refractivity contribution in [2.45, 2.75) is 26.5 Å². The average molecular weight is 420 g/mol. The minimum absolute atomic E-state index is 0.0674. The second-order valence-corrected chi connectivity index (χ2v) is 7.11. The van der Waals surface area contributed by atoms with Crippen molar-refractivity contribution >= 4 is 17.3 Å². The molecular formula is C21H20ClF2N3O2. The number of hydrogen-bond acceptors (Lipinski definition) is 4. The summed E-state index contributed by atoms with van der Waals surface area (Å²) in [5.41, 5.74) is 1.64. The molecule has 5 nitrogen and oxygen atoms in total. The quantitative estimate of drug-likeness (QED) is 0.678. The molecule has 0 fully saturated rings. The van der Waals surface area contributed by atoms with E-state index in [9.17, 15) is 13.6 Å². The first-order valence-electron chi connectivity index (χ1n) is 8.83. The van der Waals surface area contributed by atoms with Gasteiger partial charge in [-0.1, -0.05) is 17.7 Å². The maximum Gasteiger partial charge on any atom is 0.277 e. The number of ether oxygens (including phenoxy) is 1. The monoisotopic (exact) mass is 419 g/mol. The van der Waals surface area contributed by atoms with Gasteiger partial charge >= 0.3 is 0 Å². The molecule has 29 heavy (non-hydrogen) atoms. The lowest BCUT2D eigenvalue weighted by Crippen LogP contribution is -2.31. The summed E-state index contributed by atoms with van der Waals surface area (Å²) in [6.07, 6.45) is 6.51. The highest BCUT2D eigenvalue weighted by Crippen LogP contribution is 2.28. The standard InChI is InChI=1S/C21H20ClF2N3O2/c1-5-15-8-18(12(2)10-26(15)4)27-13(3)6-19(20(22)21(27)28)29-11-17-16(24)7-14(23)9-25-17/h5-10,15H,1,11H2,2-4H3/t15-/m0/s1. The van der Waals surface area contributed by atoms with Crippen molar-refractivity contribution in [3.8, 4) is 5.75 Å². The molecule has 0 N–H and O–H groups in total. The summed E-state index contributed by atoms with van der Waals surface area (Å²) < 4.78 is 33.7. The first-order valence-corrected chi connectivity index (χ1v) is 9.21. The molecule has 2 aromatic heterocycles. The molecule has 3 rings (SSSR count). The van der Waals surface area contributed by atoms with E-state index in [0.29, 0.717) is 17.5 Å². The third-order valence-corrected chi connectivity index (χ3v) is 4.98. The van der Waals surface area contributed by atoms with Crippen LogP contribution in [0.2, 0.25) is 5.02 Å². The Morgan fingerprint density at radius 2 is 2.07 bits per heavy atom. The SMILES string of the molecule is C=C[C@H]1C=C(n2c(C)cc(OCc3ncc(F)cc3F)c(Cl)c2=O)C(C)=CN1C. The Bertz CT molecular complexity index is 1090. The van der Waals surface area contributed by atoms with E-state index < -0.39 is 17.2 Å². The van der Waals surface area contributed by atoms with Crippen LogP contribution < -0.4 is 10.3 Å². The van der Waals surface area contributed by atoms with Gasteiger partial charge in [-0.15, -0.1) is 6.58 Å². The molecule has 0 saturated heterocycles. The Hall–Kier alpha value is -2.93. The fourth-order valence-electron chi connectivity index (χ4n) is 3.13. The fourth-order valence-corrected chi connectivity index (χ4v) is 3.33. The summed E-state index contributed by atoms with van der Waals surface area (Å²) >= 11 is 6.26. The van der Waals surface area contributed by atoms with Crippen molar-refractivity contribution in [2.75, 3.05) is 7.05 Å². The molecule has 8 heteroatoms. The van der Waals surface area contributed by atoms with Crippen molar-refractivity contribution in [2.24, 2.45) is 0 Å². The number of pyridine rings is 2. The first-order chi connectivity index (χ1) is 13.7. The first kappa shape index (κ1) is 20.8. The van der Waals surface area contributed by atoms with Gasteiger partial charge in [-0.2, -0.15) is 0 Å². The number of aromatic nitrogens is 2. The number of aryl methyl sites for hydroxylation is 1. The smallest absolute Gasteiger partial charge is 0.277 e. The highest BCUT2D eigenvalue weighted by atomic mass is 35.5. The van der Waals surface area contributed by atoms with E-state index in [1.54, 1.807) is 19.1 Å². The van der Waals surface area contributed by atoms with Gasteiger partial charge in [0.25, 0.3) is 5.56 Å². The van der Waals surface area contributed by atoms with Crippen LogP contribution in [0.15, 0.2) is 53.6 Å². The maximum atomic E-state index is 13.8. The van der Waals surface area contributed by atoms with Crippen LogP contribution in [0.4, 0.5) is 8.78 Å². The number of hydrogen-bond donors (Lipinski definition) is 0. The van der Waals surface area contributed by atoms with Crippen LogP contribution >= 0.6 is 11.6 Å². The van der Waals surface area contributed by atoms with Crippen molar-refractivity contribution in [3.05, 3.63) is 87.2 Å². The van der Waals surface area contributed by atoms with Crippen LogP contribution in [-0.2, 0) is 6.61 Å². The zero-order chi connectivity index (χ0) is 21.3. The average Bonchev–Trinajstić information content (AvgIpc) is 2.66. The van der Waals surface area contributed by atoms with Gasteiger partial charge in [-0.05, 0) is 25.5 Å². The molecule has 0 saturated carbocycles. The van der Waals surface area contributed by atoms with Gasteiger partial charge < -0.3 is 9.64 Å². The summed E-state index contributed by atoms with van der Waals surface area (Å²) in [5, 5.41) is -0.138. The number of halogens is 3. The lowest BCUT2D eigenvalue weighted by atomic mass is 10.1. The lowest BCUT2D eigenvalue weighted by Gasteiger charge is -2.29. The van der Waals surface area contributed by atoms with Gasteiger partial charge in [0, 0.05) is 31.1 Å². The molecule has 1 aliphatic rings. The van der Waals surface area contributed by atoms with Crippen LogP contribution in [0.25, 0.3) is 5.70 Å². The largest absolute Gasteiger partial charge is 0.485 e. The van der Waals surface area contributed by atoms with Gasteiger partial charge in [0.05, 0.1) is 17.9 Å². The molecule has 0 unspecified atom stereocenters. The zero-order valence-corrected chi connectivity index (χ0v) is 17.0. The molecule has 1 atom stereocenters. The van der Waals surface area contributed by atoms with Crippen molar-refractivity contribution < 1.29 is 13.5 Å². The van der Waals surface area contributed by atoms with Gasteiger partial charge in [-0.25, -0.2) is 8.78 Å².